The quantitative estimate of drug-likeness (QED) is 0.783. The maximum atomic E-state index is 12.1. The third-order valence-electron chi connectivity index (χ3n) is 4.49. The van der Waals surface area contributed by atoms with E-state index in [4.69, 9.17) is 14.2 Å². The van der Waals surface area contributed by atoms with E-state index >= 15 is 0 Å². The van der Waals surface area contributed by atoms with Crippen LogP contribution in [0.2, 0.25) is 0 Å². The van der Waals surface area contributed by atoms with Crippen LogP contribution in [0.5, 0.6) is 0 Å². The van der Waals surface area contributed by atoms with Crippen LogP contribution in [-0.4, -0.2) is 42.3 Å². The average molecular weight is 286 g/mol. The monoisotopic (exact) mass is 286 g/mol. The highest BCUT2D eigenvalue weighted by Crippen LogP contribution is 2.44. The molecule has 0 aromatic rings. The predicted octanol–water partition coefficient (Wildman–Crippen LogP) is 2.01. The lowest BCUT2D eigenvalue weighted by atomic mass is 9.72. The maximum absolute atomic E-state index is 12.1. The summed E-state index contributed by atoms with van der Waals surface area (Å²) < 4.78 is 16.5. The predicted molar refractivity (Wildman–Crippen MR) is 73.1 cm³/mol. The van der Waals surface area contributed by atoms with Gasteiger partial charge in [0.05, 0.1) is 31.3 Å². The van der Waals surface area contributed by atoms with E-state index in [1.807, 2.05) is 6.92 Å². The number of hydrogen-bond donors (Lipinski definition) is 1. The third kappa shape index (κ3) is 3.15. The van der Waals surface area contributed by atoms with Gasteiger partial charge in [-0.2, -0.15) is 0 Å². The van der Waals surface area contributed by atoms with Crippen molar-refractivity contribution in [1.82, 2.24) is 0 Å². The van der Waals surface area contributed by atoms with Crippen molar-refractivity contribution in [1.29, 1.82) is 0 Å². The van der Waals surface area contributed by atoms with Gasteiger partial charge in [0.2, 0.25) is 0 Å². The Balaban J connectivity index is 2.02. The zero-order chi connectivity index (χ0) is 14.6. The molecule has 1 atom stereocenters. The van der Waals surface area contributed by atoms with Gasteiger partial charge in [-0.05, 0) is 26.2 Å². The third-order valence-corrected chi connectivity index (χ3v) is 4.49. The molecule has 1 heterocycles. The summed E-state index contributed by atoms with van der Waals surface area (Å²) in [5, 5.41) is 10.9. The van der Waals surface area contributed by atoms with Gasteiger partial charge in [0.15, 0.2) is 5.79 Å². The molecule has 1 aliphatic carbocycles. The summed E-state index contributed by atoms with van der Waals surface area (Å²) in [6.45, 7) is 5.40. The zero-order valence-corrected chi connectivity index (χ0v) is 12.5. The highest BCUT2D eigenvalue weighted by molar-refractivity contribution is 5.73. The van der Waals surface area contributed by atoms with Gasteiger partial charge in [0, 0.05) is 12.8 Å². The first-order valence-corrected chi connectivity index (χ1v) is 7.72. The lowest BCUT2D eigenvalue weighted by molar-refractivity contribution is -0.214. The second kappa shape index (κ2) is 6.41. The molecule has 1 saturated carbocycles. The Morgan fingerprint density at radius 2 is 1.80 bits per heavy atom. The van der Waals surface area contributed by atoms with Crippen LogP contribution in [0, 0.1) is 5.92 Å². The topological polar surface area (TPSA) is 65.0 Å². The van der Waals surface area contributed by atoms with Crippen molar-refractivity contribution in [2.24, 2.45) is 5.92 Å². The van der Waals surface area contributed by atoms with Crippen molar-refractivity contribution >= 4 is 5.97 Å². The van der Waals surface area contributed by atoms with Crippen LogP contribution in [0.4, 0.5) is 0 Å². The Hall–Kier alpha value is -0.650. The zero-order valence-electron chi connectivity index (χ0n) is 12.5. The SMILES string of the molecule is CCCC(C(=O)OCC)C1(O)CCC2(CC1)OCCO2. The van der Waals surface area contributed by atoms with Crippen molar-refractivity contribution in [3.8, 4) is 0 Å². The molecular formula is C15H26O5. The molecule has 0 aromatic heterocycles. The van der Waals surface area contributed by atoms with Crippen LogP contribution in [-0.2, 0) is 19.0 Å². The summed E-state index contributed by atoms with van der Waals surface area (Å²) >= 11 is 0. The minimum absolute atomic E-state index is 0.277. The van der Waals surface area contributed by atoms with Gasteiger partial charge >= 0.3 is 5.97 Å². The fourth-order valence-electron chi connectivity index (χ4n) is 3.34. The number of esters is 1. The first kappa shape index (κ1) is 15.7. The molecule has 1 spiro atoms. The van der Waals surface area contributed by atoms with E-state index in [9.17, 15) is 9.90 Å². The molecule has 2 aliphatic rings. The van der Waals surface area contributed by atoms with E-state index in [-0.39, 0.29) is 5.97 Å². The molecule has 0 bridgehead atoms. The Kier molecular flexibility index (Phi) is 5.04. The highest BCUT2D eigenvalue weighted by atomic mass is 16.7. The first-order chi connectivity index (χ1) is 9.55. The maximum Gasteiger partial charge on any atom is 0.311 e. The van der Waals surface area contributed by atoms with Gasteiger partial charge in [0.25, 0.3) is 0 Å². The van der Waals surface area contributed by atoms with Gasteiger partial charge in [-0.25, -0.2) is 0 Å². The molecule has 5 heteroatoms. The van der Waals surface area contributed by atoms with Crippen molar-refractivity contribution in [2.45, 2.75) is 63.8 Å². The lowest BCUT2D eigenvalue weighted by Crippen LogP contribution is -2.50. The van der Waals surface area contributed by atoms with Crippen LogP contribution in [0.15, 0.2) is 0 Å². The van der Waals surface area contributed by atoms with E-state index in [1.165, 1.54) is 0 Å². The molecule has 1 saturated heterocycles. The average Bonchev–Trinajstić information content (AvgIpc) is 2.89. The van der Waals surface area contributed by atoms with E-state index in [1.54, 1.807) is 6.92 Å². The Morgan fingerprint density at radius 3 is 2.30 bits per heavy atom. The molecule has 1 N–H and O–H groups in total. The van der Waals surface area contributed by atoms with Crippen LogP contribution >= 0.6 is 0 Å². The van der Waals surface area contributed by atoms with E-state index in [2.05, 4.69) is 0 Å². The molecule has 0 amide bonds. The number of hydrogen-bond acceptors (Lipinski definition) is 5. The molecular weight excluding hydrogens is 260 g/mol. The number of ether oxygens (including phenoxy) is 3. The van der Waals surface area contributed by atoms with Crippen molar-refractivity contribution < 1.29 is 24.1 Å². The highest BCUT2D eigenvalue weighted by Gasteiger charge is 2.50. The van der Waals surface area contributed by atoms with Gasteiger partial charge in [0.1, 0.15) is 0 Å². The molecule has 5 nitrogen and oxygen atoms in total. The van der Waals surface area contributed by atoms with Crippen molar-refractivity contribution in [3.63, 3.8) is 0 Å². The lowest BCUT2D eigenvalue weighted by Gasteiger charge is -2.43. The smallest absolute Gasteiger partial charge is 0.311 e. The summed E-state index contributed by atoms with van der Waals surface area (Å²) in [6.07, 6.45) is 3.84. The van der Waals surface area contributed by atoms with E-state index in [0.717, 1.165) is 6.42 Å². The number of aliphatic hydroxyl groups is 1. The summed E-state index contributed by atoms with van der Waals surface area (Å²) in [7, 11) is 0. The molecule has 0 radical (unpaired) electrons. The minimum atomic E-state index is -0.983. The summed E-state index contributed by atoms with van der Waals surface area (Å²) in [5.74, 6) is -1.23. The van der Waals surface area contributed by atoms with E-state index in [0.29, 0.717) is 51.9 Å². The molecule has 1 unspecified atom stereocenters. The molecule has 0 aromatic carbocycles. The first-order valence-electron chi connectivity index (χ1n) is 7.72. The van der Waals surface area contributed by atoms with Gasteiger partial charge in [-0.15, -0.1) is 0 Å². The molecule has 2 fully saturated rings. The Bertz CT molecular complexity index is 325. The summed E-state index contributed by atoms with van der Waals surface area (Å²) in [5.41, 5.74) is -0.983. The Labute approximate surface area is 120 Å². The standard InChI is InChI=1S/C15H26O5/c1-3-5-12(13(16)18-4-2)14(17)6-8-15(9-7-14)19-10-11-20-15/h12,17H,3-11H2,1-2H3. The fourth-order valence-corrected chi connectivity index (χ4v) is 3.34. The second-order valence-electron chi connectivity index (χ2n) is 5.80. The van der Waals surface area contributed by atoms with Crippen LogP contribution in [0.25, 0.3) is 0 Å². The fraction of sp³-hybridized carbons (Fsp3) is 0.933. The van der Waals surface area contributed by atoms with Crippen molar-refractivity contribution in [2.75, 3.05) is 19.8 Å². The van der Waals surface area contributed by atoms with Crippen LogP contribution in [0.3, 0.4) is 0 Å². The normalized spacial score (nSPS) is 25.6. The molecule has 116 valence electrons. The molecule has 20 heavy (non-hydrogen) atoms. The second-order valence-corrected chi connectivity index (χ2v) is 5.80. The minimum Gasteiger partial charge on any atom is -0.466 e. The number of rotatable bonds is 5. The molecule has 2 rings (SSSR count). The number of carbonyl (C=O) groups excluding carboxylic acids is 1. The summed E-state index contributed by atoms with van der Waals surface area (Å²) in [4.78, 5) is 12.1. The van der Waals surface area contributed by atoms with Gasteiger partial charge in [-0.3, -0.25) is 4.79 Å². The number of carbonyl (C=O) groups is 1. The van der Waals surface area contributed by atoms with Crippen LogP contribution in [0.1, 0.15) is 52.4 Å². The van der Waals surface area contributed by atoms with E-state index < -0.39 is 17.3 Å². The Morgan fingerprint density at radius 1 is 1.20 bits per heavy atom. The van der Waals surface area contributed by atoms with Gasteiger partial charge < -0.3 is 19.3 Å². The van der Waals surface area contributed by atoms with Crippen LogP contribution < -0.4 is 0 Å². The largest absolute Gasteiger partial charge is 0.466 e. The van der Waals surface area contributed by atoms with Crippen molar-refractivity contribution in [3.05, 3.63) is 0 Å². The molecule has 1 aliphatic heterocycles. The summed E-state index contributed by atoms with van der Waals surface area (Å²) in [6, 6.07) is 0. The van der Waals surface area contributed by atoms with Gasteiger partial charge in [-0.1, -0.05) is 13.3 Å².